The van der Waals surface area contributed by atoms with Crippen molar-refractivity contribution in [1.82, 2.24) is 29.0 Å². The minimum atomic E-state index is 0.364. The van der Waals surface area contributed by atoms with Gasteiger partial charge in [0.1, 0.15) is 0 Å². The van der Waals surface area contributed by atoms with Crippen LogP contribution in [0.3, 0.4) is 0 Å². The maximum Gasteiger partial charge on any atom is 0.241 e. The first-order chi connectivity index (χ1) is 13.7. The summed E-state index contributed by atoms with van der Waals surface area (Å²) in [7, 11) is 0. The van der Waals surface area contributed by atoms with E-state index in [9.17, 15) is 0 Å². The van der Waals surface area contributed by atoms with Gasteiger partial charge in [-0.15, -0.1) is 5.10 Å². The van der Waals surface area contributed by atoms with E-state index < -0.39 is 0 Å². The SMILES string of the molecule is CCO[C@H]1C[C@H](Nc2ncc3c(-c4cnc5ncc(CC)n5c4)ccn3n2)C1. The van der Waals surface area contributed by atoms with Crippen LogP contribution in [0.4, 0.5) is 5.95 Å². The summed E-state index contributed by atoms with van der Waals surface area (Å²) in [4.78, 5) is 13.4. The molecule has 8 heteroatoms. The van der Waals surface area contributed by atoms with Crippen LogP contribution in [0.1, 0.15) is 32.4 Å². The molecule has 0 saturated heterocycles. The van der Waals surface area contributed by atoms with Crippen molar-refractivity contribution in [3.05, 3.63) is 42.7 Å². The van der Waals surface area contributed by atoms with Gasteiger partial charge in [-0.3, -0.25) is 4.40 Å². The van der Waals surface area contributed by atoms with Gasteiger partial charge in [0.05, 0.1) is 24.0 Å². The topological polar surface area (TPSA) is 81.6 Å². The number of hydrogen-bond acceptors (Lipinski definition) is 6. The number of hydrogen-bond donors (Lipinski definition) is 1. The minimum Gasteiger partial charge on any atom is -0.378 e. The monoisotopic (exact) mass is 377 g/mol. The number of imidazole rings is 1. The molecule has 0 aliphatic heterocycles. The van der Waals surface area contributed by atoms with Crippen LogP contribution in [-0.4, -0.2) is 47.7 Å². The standard InChI is InChI=1S/C20H23N7O/c1-3-15-10-23-20-22-9-13(12-26(15)20)17-5-6-27-18(17)11-21-19(25-27)24-14-7-16(8-14)28-4-2/h5-6,9-12,14,16H,3-4,7-8H2,1-2H3,(H,24,25)/t14-,16-. The fourth-order valence-electron chi connectivity index (χ4n) is 3.77. The summed E-state index contributed by atoms with van der Waals surface area (Å²) in [5.41, 5.74) is 4.16. The molecule has 0 spiro atoms. The first kappa shape index (κ1) is 17.1. The van der Waals surface area contributed by atoms with Crippen molar-refractivity contribution in [1.29, 1.82) is 0 Å². The van der Waals surface area contributed by atoms with Crippen molar-refractivity contribution in [3.8, 4) is 11.1 Å². The Morgan fingerprint density at radius 3 is 2.82 bits per heavy atom. The third-order valence-electron chi connectivity index (χ3n) is 5.36. The molecule has 1 N–H and O–H groups in total. The molecule has 0 aromatic carbocycles. The predicted molar refractivity (Wildman–Crippen MR) is 106 cm³/mol. The van der Waals surface area contributed by atoms with Gasteiger partial charge in [0.2, 0.25) is 11.7 Å². The first-order valence-corrected chi connectivity index (χ1v) is 9.80. The second-order valence-corrected chi connectivity index (χ2v) is 7.15. The largest absolute Gasteiger partial charge is 0.378 e. The zero-order chi connectivity index (χ0) is 19.1. The highest BCUT2D eigenvalue weighted by molar-refractivity contribution is 5.79. The number of fused-ring (bicyclic) bond motifs is 2. The number of aryl methyl sites for hydroxylation is 1. The van der Waals surface area contributed by atoms with Crippen LogP contribution in [0.25, 0.3) is 22.4 Å². The van der Waals surface area contributed by atoms with E-state index in [1.165, 1.54) is 0 Å². The maximum atomic E-state index is 5.61. The van der Waals surface area contributed by atoms with E-state index >= 15 is 0 Å². The molecule has 0 bridgehead atoms. The Labute approximate surface area is 162 Å². The summed E-state index contributed by atoms with van der Waals surface area (Å²) < 4.78 is 9.52. The lowest BCUT2D eigenvalue weighted by Gasteiger charge is -2.35. The van der Waals surface area contributed by atoms with E-state index in [0.29, 0.717) is 18.1 Å². The quantitative estimate of drug-likeness (QED) is 0.556. The number of anilines is 1. The Kier molecular flexibility index (Phi) is 4.20. The Morgan fingerprint density at radius 1 is 1.14 bits per heavy atom. The van der Waals surface area contributed by atoms with Gasteiger partial charge in [0, 0.05) is 48.1 Å². The van der Waals surface area contributed by atoms with Crippen molar-refractivity contribution in [3.63, 3.8) is 0 Å². The Hall–Kier alpha value is -3.00. The van der Waals surface area contributed by atoms with Gasteiger partial charge in [0.25, 0.3) is 0 Å². The van der Waals surface area contributed by atoms with Crippen LogP contribution in [0, 0.1) is 0 Å². The zero-order valence-corrected chi connectivity index (χ0v) is 16.0. The van der Waals surface area contributed by atoms with E-state index in [1.807, 2.05) is 46.7 Å². The molecule has 0 amide bonds. The van der Waals surface area contributed by atoms with Crippen molar-refractivity contribution in [2.75, 3.05) is 11.9 Å². The smallest absolute Gasteiger partial charge is 0.241 e. The van der Waals surface area contributed by atoms with Crippen molar-refractivity contribution < 1.29 is 4.74 Å². The summed E-state index contributed by atoms with van der Waals surface area (Å²) in [5.74, 6) is 1.36. The maximum absolute atomic E-state index is 5.61. The Morgan fingerprint density at radius 2 is 2.00 bits per heavy atom. The van der Waals surface area contributed by atoms with E-state index in [4.69, 9.17) is 4.74 Å². The normalized spacial score (nSPS) is 19.2. The van der Waals surface area contributed by atoms with E-state index in [-0.39, 0.29) is 0 Å². The van der Waals surface area contributed by atoms with Crippen molar-refractivity contribution in [2.24, 2.45) is 0 Å². The molecule has 4 heterocycles. The number of rotatable bonds is 6. The average molecular weight is 377 g/mol. The van der Waals surface area contributed by atoms with Crippen molar-refractivity contribution in [2.45, 2.75) is 45.3 Å². The second-order valence-electron chi connectivity index (χ2n) is 7.15. The Bertz CT molecular complexity index is 1130. The van der Waals surface area contributed by atoms with Crippen LogP contribution in [0.15, 0.2) is 37.1 Å². The summed E-state index contributed by atoms with van der Waals surface area (Å²) in [6, 6.07) is 2.43. The fourth-order valence-corrected chi connectivity index (χ4v) is 3.77. The van der Waals surface area contributed by atoms with E-state index in [1.54, 1.807) is 0 Å². The molecule has 0 atom stereocenters. The van der Waals surface area contributed by atoms with Crippen LogP contribution in [0.5, 0.6) is 0 Å². The molecule has 4 aromatic heterocycles. The molecule has 1 aliphatic carbocycles. The lowest BCUT2D eigenvalue weighted by Crippen LogP contribution is -2.41. The number of aromatic nitrogens is 6. The molecule has 5 rings (SSSR count). The molecule has 1 fully saturated rings. The molecule has 0 radical (unpaired) electrons. The summed E-state index contributed by atoms with van der Waals surface area (Å²) in [5, 5.41) is 8.01. The highest BCUT2D eigenvalue weighted by Gasteiger charge is 2.30. The highest BCUT2D eigenvalue weighted by atomic mass is 16.5. The first-order valence-electron chi connectivity index (χ1n) is 9.80. The number of nitrogens with zero attached hydrogens (tertiary/aromatic N) is 6. The van der Waals surface area contributed by atoms with Gasteiger partial charge < -0.3 is 10.1 Å². The van der Waals surface area contributed by atoms with Crippen LogP contribution >= 0.6 is 0 Å². The highest BCUT2D eigenvalue weighted by Crippen LogP contribution is 2.27. The van der Waals surface area contributed by atoms with Crippen LogP contribution in [-0.2, 0) is 11.2 Å². The minimum absolute atomic E-state index is 0.364. The van der Waals surface area contributed by atoms with Crippen LogP contribution < -0.4 is 5.32 Å². The third-order valence-corrected chi connectivity index (χ3v) is 5.36. The summed E-state index contributed by atoms with van der Waals surface area (Å²) in [6.07, 6.45) is 12.9. The number of nitrogens with one attached hydrogen (secondary N) is 1. The van der Waals surface area contributed by atoms with Crippen molar-refractivity contribution >= 4 is 17.2 Å². The third kappa shape index (κ3) is 2.90. The molecule has 8 nitrogen and oxygen atoms in total. The molecule has 28 heavy (non-hydrogen) atoms. The lowest BCUT2D eigenvalue weighted by molar-refractivity contribution is 0.00283. The number of ether oxygens (including phenoxy) is 1. The van der Waals surface area contributed by atoms with Gasteiger partial charge in [0.15, 0.2) is 0 Å². The predicted octanol–water partition coefficient (Wildman–Crippen LogP) is 2.98. The van der Waals surface area contributed by atoms with Crippen LogP contribution in [0.2, 0.25) is 0 Å². The van der Waals surface area contributed by atoms with Gasteiger partial charge in [-0.2, -0.15) is 0 Å². The summed E-state index contributed by atoms with van der Waals surface area (Å²) in [6.45, 7) is 4.92. The molecule has 144 valence electrons. The van der Waals surface area contributed by atoms with Gasteiger partial charge in [-0.25, -0.2) is 19.5 Å². The molecular weight excluding hydrogens is 354 g/mol. The average Bonchev–Trinajstić information content (AvgIpc) is 3.29. The molecule has 0 unspecified atom stereocenters. The Balaban J connectivity index is 1.41. The van der Waals surface area contributed by atoms with E-state index in [0.717, 1.165) is 54.0 Å². The van der Waals surface area contributed by atoms with Gasteiger partial charge >= 0.3 is 0 Å². The fraction of sp³-hybridized carbons (Fsp3) is 0.400. The molecule has 1 saturated carbocycles. The lowest BCUT2D eigenvalue weighted by atomic mass is 9.89. The van der Waals surface area contributed by atoms with E-state index in [2.05, 4.69) is 38.5 Å². The summed E-state index contributed by atoms with van der Waals surface area (Å²) >= 11 is 0. The molecular formula is C20H23N7O. The van der Waals surface area contributed by atoms with Gasteiger partial charge in [-0.1, -0.05) is 6.92 Å². The zero-order valence-electron chi connectivity index (χ0n) is 16.0. The molecule has 1 aliphatic rings. The second kappa shape index (κ2) is 6.87. The molecule has 4 aromatic rings. The van der Waals surface area contributed by atoms with Gasteiger partial charge in [-0.05, 0) is 32.3 Å².